The largest absolute Gasteiger partial charge is 0.315 e. The van der Waals surface area contributed by atoms with E-state index >= 15 is 0 Å². The fraction of sp³-hybridized carbons (Fsp3) is 0.818. The van der Waals surface area contributed by atoms with Gasteiger partial charge in [0.2, 0.25) is 0 Å². The minimum atomic E-state index is 0.982. The van der Waals surface area contributed by atoms with Gasteiger partial charge in [-0.1, -0.05) is 25.6 Å². The predicted molar refractivity (Wildman–Crippen MR) is 72.4 cm³/mol. The third-order valence-corrected chi connectivity index (χ3v) is 3.72. The number of likely N-dealkylation sites (N-methyl/N-ethyl adjacent to an activating group) is 1. The molecule has 98 valence electrons. The summed E-state index contributed by atoms with van der Waals surface area (Å²) in [5.41, 5.74) is 0. The van der Waals surface area contributed by atoms with Gasteiger partial charge in [-0.2, -0.15) is 0 Å². The number of hydrogen-bond acceptors (Lipinski definition) is 5. The average Bonchev–Trinajstić information content (AvgIpc) is 2.74. The van der Waals surface area contributed by atoms with Crippen molar-refractivity contribution in [1.29, 1.82) is 0 Å². The molecule has 0 amide bonds. The zero-order valence-corrected chi connectivity index (χ0v) is 11.8. The molecular weight excluding hydrogens is 234 g/mol. The molecule has 0 fully saturated rings. The van der Waals surface area contributed by atoms with Crippen LogP contribution < -0.4 is 5.32 Å². The van der Waals surface area contributed by atoms with Gasteiger partial charge in [0.15, 0.2) is 5.16 Å². The Morgan fingerprint density at radius 3 is 2.71 bits per heavy atom. The molecule has 0 aromatic carbocycles. The van der Waals surface area contributed by atoms with Gasteiger partial charge >= 0.3 is 0 Å². The number of aryl methyl sites for hydroxylation is 1. The Kier molecular flexibility index (Phi) is 7.23. The van der Waals surface area contributed by atoms with Crippen molar-refractivity contribution in [2.45, 2.75) is 19.0 Å². The highest BCUT2D eigenvalue weighted by molar-refractivity contribution is 7.99. The summed E-state index contributed by atoms with van der Waals surface area (Å²) in [4.78, 5) is 2.42. The second-order valence-corrected chi connectivity index (χ2v) is 4.91. The van der Waals surface area contributed by atoms with Crippen molar-refractivity contribution in [2.24, 2.45) is 7.05 Å². The molecule has 0 aliphatic heterocycles. The molecule has 5 nitrogen and oxygen atoms in total. The molecule has 1 rings (SSSR count). The van der Waals surface area contributed by atoms with E-state index in [-0.39, 0.29) is 0 Å². The Hall–Kier alpha value is -0.590. The maximum absolute atomic E-state index is 4.03. The highest BCUT2D eigenvalue weighted by Gasteiger charge is 2.01. The van der Waals surface area contributed by atoms with Gasteiger partial charge in [-0.25, -0.2) is 0 Å². The van der Waals surface area contributed by atoms with Crippen molar-refractivity contribution in [3.05, 3.63) is 6.33 Å². The Morgan fingerprint density at radius 2 is 2.12 bits per heavy atom. The van der Waals surface area contributed by atoms with Crippen LogP contribution in [0.4, 0.5) is 0 Å². The van der Waals surface area contributed by atoms with Crippen LogP contribution in [0.5, 0.6) is 0 Å². The first-order chi connectivity index (χ1) is 8.27. The molecular formula is C11H23N5S. The van der Waals surface area contributed by atoms with E-state index in [2.05, 4.69) is 34.3 Å². The molecule has 0 saturated heterocycles. The van der Waals surface area contributed by atoms with Crippen molar-refractivity contribution in [3.8, 4) is 0 Å². The van der Waals surface area contributed by atoms with E-state index in [1.54, 1.807) is 18.1 Å². The molecule has 0 aliphatic carbocycles. The lowest BCUT2D eigenvalue weighted by Crippen LogP contribution is -2.32. The van der Waals surface area contributed by atoms with Crippen molar-refractivity contribution in [2.75, 3.05) is 38.5 Å². The molecule has 0 unspecified atom stereocenters. The molecule has 0 atom stereocenters. The third kappa shape index (κ3) is 5.52. The summed E-state index contributed by atoms with van der Waals surface area (Å²) in [6.07, 6.45) is 1.73. The first-order valence-corrected chi connectivity index (χ1v) is 7.16. The molecule has 0 bridgehead atoms. The normalized spacial score (nSPS) is 11.3. The molecule has 1 aromatic heterocycles. The SMILES string of the molecule is CCN(CC)CCNCCSc1nncn1C. The summed E-state index contributed by atoms with van der Waals surface area (Å²) in [6.45, 7) is 9.86. The molecule has 17 heavy (non-hydrogen) atoms. The number of rotatable bonds is 9. The topological polar surface area (TPSA) is 46.0 Å². The van der Waals surface area contributed by atoms with Gasteiger partial charge in [-0.05, 0) is 13.1 Å². The van der Waals surface area contributed by atoms with E-state index in [1.165, 1.54) is 0 Å². The number of hydrogen-bond donors (Lipinski definition) is 1. The van der Waals surface area contributed by atoms with Crippen LogP contribution in [0.25, 0.3) is 0 Å². The van der Waals surface area contributed by atoms with Gasteiger partial charge in [-0.3, -0.25) is 0 Å². The van der Waals surface area contributed by atoms with E-state index in [9.17, 15) is 0 Å². The van der Waals surface area contributed by atoms with Crippen molar-refractivity contribution in [1.82, 2.24) is 25.0 Å². The first kappa shape index (κ1) is 14.5. The number of thioether (sulfide) groups is 1. The van der Waals surface area contributed by atoms with Crippen LogP contribution in [0.2, 0.25) is 0 Å². The fourth-order valence-corrected chi connectivity index (χ4v) is 2.30. The van der Waals surface area contributed by atoms with Crippen molar-refractivity contribution in [3.63, 3.8) is 0 Å². The van der Waals surface area contributed by atoms with Crippen LogP contribution in [0.1, 0.15) is 13.8 Å². The molecule has 0 spiro atoms. The van der Waals surface area contributed by atoms with Gasteiger partial charge in [0.1, 0.15) is 6.33 Å². The number of nitrogens with one attached hydrogen (secondary N) is 1. The lowest BCUT2D eigenvalue weighted by molar-refractivity contribution is 0.303. The average molecular weight is 257 g/mol. The smallest absolute Gasteiger partial charge is 0.190 e. The number of aromatic nitrogens is 3. The standard InChI is InChI=1S/C11H23N5S/c1-4-16(5-2)8-6-12-7-9-17-11-14-13-10-15(11)3/h10,12H,4-9H2,1-3H3. The van der Waals surface area contributed by atoms with Crippen LogP contribution in [0, 0.1) is 0 Å². The monoisotopic (exact) mass is 257 g/mol. The van der Waals surface area contributed by atoms with Crippen LogP contribution in [0.3, 0.4) is 0 Å². The van der Waals surface area contributed by atoms with E-state index in [0.29, 0.717) is 0 Å². The minimum Gasteiger partial charge on any atom is -0.315 e. The zero-order chi connectivity index (χ0) is 12.5. The Labute approximate surface area is 108 Å². The second-order valence-electron chi connectivity index (χ2n) is 3.85. The molecule has 6 heteroatoms. The summed E-state index contributed by atoms with van der Waals surface area (Å²) in [5.74, 6) is 1.03. The first-order valence-electron chi connectivity index (χ1n) is 6.17. The van der Waals surface area contributed by atoms with Crippen molar-refractivity contribution >= 4 is 11.8 Å². The maximum Gasteiger partial charge on any atom is 0.190 e. The Balaban J connectivity index is 2.00. The lowest BCUT2D eigenvalue weighted by atomic mass is 10.4. The predicted octanol–water partition coefficient (Wildman–Crippen LogP) is 0.839. The van der Waals surface area contributed by atoms with E-state index < -0.39 is 0 Å². The molecule has 1 aromatic rings. The Morgan fingerprint density at radius 1 is 1.35 bits per heavy atom. The van der Waals surface area contributed by atoms with Gasteiger partial charge < -0.3 is 14.8 Å². The fourth-order valence-electron chi connectivity index (χ4n) is 1.52. The molecule has 1 N–H and O–H groups in total. The quantitative estimate of drug-likeness (QED) is 0.525. The van der Waals surface area contributed by atoms with Gasteiger partial charge in [0.05, 0.1) is 0 Å². The highest BCUT2D eigenvalue weighted by Crippen LogP contribution is 2.11. The van der Waals surface area contributed by atoms with E-state index in [4.69, 9.17) is 0 Å². The van der Waals surface area contributed by atoms with E-state index in [0.717, 1.165) is 43.6 Å². The van der Waals surface area contributed by atoms with Gasteiger partial charge in [0, 0.05) is 32.4 Å². The van der Waals surface area contributed by atoms with Gasteiger partial charge in [-0.15, -0.1) is 10.2 Å². The summed E-state index contributed by atoms with van der Waals surface area (Å²) in [6, 6.07) is 0. The second kappa shape index (κ2) is 8.49. The van der Waals surface area contributed by atoms with E-state index in [1.807, 2.05) is 11.6 Å². The summed E-state index contributed by atoms with van der Waals surface area (Å²) >= 11 is 1.74. The Bertz CT molecular complexity index is 298. The molecule has 0 aliphatic rings. The maximum atomic E-state index is 4.03. The minimum absolute atomic E-state index is 0.982. The summed E-state index contributed by atoms with van der Waals surface area (Å²) in [7, 11) is 1.97. The molecule has 1 heterocycles. The summed E-state index contributed by atoms with van der Waals surface area (Å²) < 4.78 is 1.95. The van der Waals surface area contributed by atoms with Crippen LogP contribution in [-0.4, -0.2) is 58.1 Å². The van der Waals surface area contributed by atoms with Gasteiger partial charge in [0.25, 0.3) is 0 Å². The molecule has 0 saturated carbocycles. The molecule has 0 radical (unpaired) electrons. The summed E-state index contributed by atoms with van der Waals surface area (Å²) in [5, 5.41) is 12.3. The zero-order valence-electron chi connectivity index (χ0n) is 11.0. The van der Waals surface area contributed by atoms with Crippen molar-refractivity contribution < 1.29 is 0 Å². The van der Waals surface area contributed by atoms with Crippen LogP contribution in [0.15, 0.2) is 11.5 Å². The highest BCUT2D eigenvalue weighted by atomic mass is 32.2. The van der Waals surface area contributed by atoms with Crippen LogP contribution >= 0.6 is 11.8 Å². The third-order valence-electron chi connectivity index (χ3n) is 2.68. The van der Waals surface area contributed by atoms with Crippen LogP contribution in [-0.2, 0) is 7.05 Å². The lowest BCUT2D eigenvalue weighted by Gasteiger charge is -2.17. The number of nitrogens with zero attached hydrogens (tertiary/aromatic N) is 4.